The second-order valence-electron chi connectivity index (χ2n) is 7.64. The number of hydrogen-bond donors (Lipinski definition) is 3. The van der Waals surface area contributed by atoms with Crippen LogP contribution < -0.4 is 11.1 Å². The van der Waals surface area contributed by atoms with Crippen molar-refractivity contribution in [2.45, 2.75) is 32.4 Å². The van der Waals surface area contributed by atoms with E-state index >= 15 is 0 Å². The van der Waals surface area contributed by atoms with Crippen molar-refractivity contribution >= 4 is 28.7 Å². The van der Waals surface area contributed by atoms with Gasteiger partial charge in [0, 0.05) is 31.4 Å². The number of carbonyl (C=O) groups is 2. The number of benzene rings is 2. The number of anilines is 1. The van der Waals surface area contributed by atoms with Crippen LogP contribution in [0.15, 0.2) is 42.5 Å². The van der Waals surface area contributed by atoms with Crippen LogP contribution in [0.1, 0.15) is 40.0 Å². The number of nitrogens with one attached hydrogen (secondary N) is 1. The summed E-state index contributed by atoms with van der Waals surface area (Å²) in [7, 11) is 0. The number of nitrogens with two attached hydrogens (primary N) is 1. The Morgan fingerprint density at radius 3 is 2.55 bits per heavy atom. The lowest BCUT2D eigenvalue weighted by atomic mass is 10.0. The molecule has 3 aromatic rings. The molecule has 1 aliphatic heterocycles. The fourth-order valence-electron chi connectivity index (χ4n) is 3.88. The van der Waals surface area contributed by atoms with Crippen molar-refractivity contribution in [1.82, 2.24) is 20.2 Å². The lowest BCUT2D eigenvalue weighted by Gasteiger charge is -2.16. The molecule has 0 spiro atoms. The van der Waals surface area contributed by atoms with Gasteiger partial charge in [-0.25, -0.2) is 9.97 Å². The highest BCUT2D eigenvalue weighted by Crippen LogP contribution is 2.27. The van der Waals surface area contributed by atoms with E-state index in [4.69, 9.17) is 10.8 Å². The molecule has 8 nitrogen and oxygen atoms in total. The van der Waals surface area contributed by atoms with Gasteiger partial charge in [-0.3, -0.25) is 9.59 Å². The summed E-state index contributed by atoms with van der Waals surface area (Å²) in [6.07, 6.45) is 1.70. The molecule has 0 atom stereocenters. The molecule has 0 aliphatic carbocycles. The van der Waals surface area contributed by atoms with E-state index in [0.29, 0.717) is 48.9 Å². The zero-order valence-electron chi connectivity index (χ0n) is 17.2. The molecular weight excluding hydrogens is 394 g/mol. The lowest BCUT2D eigenvalue weighted by Crippen LogP contribution is -2.27. The zero-order chi connectivity index (χ0) is 21.8. The van der Waals surface area contributed by atoms with Gasteiger partial charge < -0.3 is 21.1 Å². The van der Waals surface area contributed by atoms with Crippen molar-refractivity contribution in [2.75, 3.05) is 18.9 Å². The number of amides is 2. The first-order valence-corrected chi connectivity index (χ1v) is 10.3. The van der Waals surface area contributed by atoms with E-state index in [-0.39, 0.29) is 30.9 Å². The standard InChI is InChI=1S/C23H25N5O3/c24-23-26-19-9-8-15(4-3-7-20(30)25-10-11-29)12-18(19)21(27-23)22(31)28-13-16-5-1-2-6-17(16)14-28/h1-2,5-6,8-9,12,29H,3-4,7,10-11,13-14H2,(H,25,30)(H2,24,26,27). The lowest BCUT2D eigenvalue weighted by molar-refractivity contribution is -0.121. The van der Waals surface area contributed by atoms with E-state index in [1.807, 2.05) is 42.5 Å². The molecule has 0 saturated heterocycles. The van der Waals surface area contributed by atoms with Crippen LogP contribution in [0.2, 0.25) is 0 Å². The summed E-state index contributed by atoms with van der Waals surface area (Å²) in [5, 5.41) is 12.1. The Balaban J connectivity index is 1.53. The number of hydrogen-bond acceptors (Lipinski definition) is 6. The Labute approximate surface area is 180 Å². The van der Waals surface area contributed by atoms with Gasteiger partial charge in [-0.15, -0.1) is 0 Å². The van der Waals surface area contributed by atoms with Gasteiger partial charge >= 0.3 is 0 Å². The van der Waals surface area contributed by atoms with Gasteiger partial charge in [-0.05, 0) is 41.7 Å². The minimum absolute atomic E-state index is 0.0702. The SMILES string of the molecule is Nc1nc(C(=O)N2Cc3ccccc3C2)c2cc(CCCC(=O)NCCO)ccc2n1. The topological polar surface area (TPSA) is 121 Å². The number of rotatable bonds is 7. The monoisotopic (exact) mass is 419 g/mol. The summed E-state index contributed by atoms with van der Waals surface area (Å²) in [4.78, 5) is 35.3. The van der Waals surface area contributed by atoms with Crippen LogP contribution in [-0.2, 0) is 24.3 Å². The normalized spacial score (nSPS) is 12.7. The first-order chi connectivity index (χ1) is 15.0. The first-order valence-electron chi connectivity index (χ1n) is 10.3. The molecule has 0 fully saturated rings. The Morgan fingerprint density at radius 2 is 1.84 bits per heavy atom. The van der Waals surface area contributed by atoms with E-state index in [2.05, 4.69) is 15.3 Å². The molecule has 160 valence electrons. The Kier molecular flexibility index (Phi) is 6.08. The number of aromatic nitrogens is 2. The largest absolute Gasteiger partial charge is 0.395 e. The molecular formula is C23H25N5O3. The third-order valence-electron chi connectivity index (χ3n) is 5.41. The molecule has 2 heterocycles. The molecule has 2 amide bonds. The average Bonchev–Trinajstić information content (AvgIpc) is 3.21. The van der Waals surface area contributed by atoms with E-state index < -0.39 is 0 Å². The van der Waals surface area contributed by atoms with E-state index in [1.165, 1.54) is 0 Å². The first kappa shape index (κ1) is 20.7. The number of fused-ring (bicyclic) bond motifs is 2. The molecule has 4 N–H and O–H groups in total. The molecule has 0 saturated carbocycles. The molecule has 2 aromatic carbocycles. The molecule has 0 radical (unpaired) electrons. The molecule has 31 heavy (non-hydrogen) atoms. The van der Waals surface area contributed by atoms with E-state index in [9.17, 15) is 9.59 Å². The molecule has 1 aliphatic rings. The maximum atomic E-state index is 13.3. The maximum absolute atomic E-state index is 13.3. The minimum Gasteiger partial charge on any atom is -0.395 e. The number of carbonyl (C=O) groups excluding carboxylic acids is 2. The van der Waals surface area contributed by atoms with Gasteiger partial charge in [0.2, 0.25) is 11.9 Å². The predicted molar refractivity (Wildman–Crippen MR) is 117 cm³/mol. The van der Waals surface area contributed by atoms with Crippen molar-refractivity contribution in [3.63, 3.8) is 0 Å². The summed E-state index contributed by atoms with van der Waals surface area (Å²) in [5.74, 6) is -0.188. The summed E-state index contributed by atoms with van der Waals surface area (Å²) in [5.41, 5.74) is 10.1. The van der Waals surface area contributed by atoms with E-state index in [0.717, 1.165) is 16.7 Å². The van der Waals surface area contributed by atoms with Gasteiger partial charge in [0.15, 0.2) is 0 Å². The van der Waals surface area contributed by atoms with Crippen molar-refractivity contribution in [1.29, 1.82) is 0 Å². The van der Waals surface area contributed by atoms with Crippen molar-refractivity contribution < 1.29 is 14.7 Å². The molecule has 4 rings (SSSR count). The van der Waals surface area contributed by atoms with Crippen molar-refractivity contribution in [2.24, 2.45) is 0 Å². The maximum Gasteiger partial charge on any atom is 0.273 e. The van der Waals surface area contributed by atoms with Gasteiger partial charge in [0.25, 0.3) is 5.91 Å². The van der Waals surface area contributed by atoms with Crippen LogP contribution in [-0.4, -0.2) is 44.9 Å². The number of nitrogens with zero attached hydrogens (tertiary/aromatic N) is 3. The highest BCUT2D eigenvalue weighted by Gasteiger charge is 2.26. The summed E-state index contributed by atoms with van der Waals surface area (Å²) < 4.78 is 0. The average molecular weight is 419 g/mol. The second-order valence-corrected chi connectivity index (χ2v) is 7.64. The highest BCUT2D eigenvalue weighted by atomic mass is 16.3. The molecule has 1 aromatic heterocycles. The number of nitrogen functional groups attached to an aromatic ring is 1. The number of aliphatic hydroxyl groups is 1. The highest BCUT2D eigenvalue weighted by molar-refractivity contribution is 6.05. The summed E-state index contributed by atoms with van der Waals surface area (Å²) in [6.45, 7) is 1.28. The van der Waals surface area contributed by atoms with Gasteiger partial charge in [0.05, 0.1) is 12.1 Å². The van der Waals surface area contributed by atoms with Crippen LogP contribution in [0.3, 0.4) is 0 Å². The zero-order valence-corrected chi connectivity index (χ0v) is 17.2. The minimum atomic E-state index is -0.171. The van der Waals surface area contributed by atoms with Crippen LogP contribution in [0.25, 0.3) is 10.9 Å². The quantitative estimate of drug-likeness (QED) is 0.537. The second kappa shape index (κ2) is 9.09. The van der Waals surface area contributed by atoms with E-state index in [1.54, 1.807) is 4.90 Å². The Bertz CT molecular complexity index is 1110. The van der Waals surface area contributed by atoms with Crippen molar-refractivity contribution in [3.8, 4) is 0 Å². The third kappa shape index (κ3) is 4.64. The summed E-state index contributed by atoms with van der Waals surface area (Å²) in [6, 6.07) is 13.7. The smallest absolute Gasteiger partial charge is 0.273 e. The summed E-state index contributed by atoms with van der Waals surface area (Å²) >= 11 is 0. The van der Waals surface area contributed by atoms with Crippen LogP contribution in [0, 0.1) is 0 Å². The van der Waals surface area contributed by atoms with Crippen molar-refractivity contribution in [3.05, 3.63) is 64.8 Å². The fourth-order valence-corrected chi connectivity index (χ4v) is 3.88. The van der Waals surface area contributed by atoms with Crippen LogP contribution in [0.5, 0.6) is 0 Å². The number of aryl methyl sites for hydroxylation is 1. The Hall–Kier alpha value is -3.52. The van der Waals surface area contributed by atoms with Crippen LogP contribution in [0.4, 0.5) is 5.95 Å². The fraction of sp³-hybridized carbons (Fsp3) is 0.304. The van der Waals surface area contributed by atoms with Crippen LogP contribution >= 0.6 is 0 Å². The van der Waals surface area contributed by atoms with Gasteiger partial charge in [0.1, 0.15) is 5.69 Å². The predicted octanol–water partition coefficient (Wildman–Crippen LogP) is 1.80. The third-order valence-corrected chi connectivity index (χ3v) is 5.41. The molecule has 0 bridgehead atoms. The van der Waals surface area contributed by atoms with Gasteiger partial charge in [-0.2, -0.15) is 0 Å². The Morgan fingerprint density at radius 1 is 1.10 bits per heavy atom. The number of aliphatic hydroxyl groups excluding tert-OH is 1. The van der Waals surface area contributed by atoms with Gasteiger partial charge in [-0.1, -0.05) is 30.3 Å². The molecule has 0 unspecified atom stereocenters. The molecule has 8 heteroatoms.